The standard InChI is InChI=1S/C18H17N3O4S2/c19-18-17(14-5-6-16(20-8-14)11-27(24)25)7-15(9-21-18)13-3-1-12(2-4-13)10-26(22)23/h1-9H,10-11H2,(H2,19,21)(H,22,23)(H,24,25). The quantitative estimate of drug-likeness (QED) is 0.540. The minimum atomic E-state index is -1.94. The second-order valence-corrected chi connectivity index (χ2v) is 7.69. The maximum absolute atomic E-state index is 10.9. The van der Waals surface area contributed by atoms with Crippen LogP contribution in [0.2, 0.25) is 0 Å². The lowest BCUT2D eigenvalue weighted by Gasteiger charge is -2.09. The zero-order valence-corrected chi connectivity index (χ0v) is 15.7. The molecule has 9 heteroatoms. The van der Waals surface area contributed by atoms with E-state index in [1.807, 2.05) is 18.2 Å². The van der Waals surface area contributed by atoms with E-state index in [-0.39, 0.29) is 11.5 Å². The van der Waals surface area contributed by atoms with Crippen molar-refractivity contribution in [1.29, 1.82) is 0 Å². The number of nitrogens with zero attached hydrogens (tertiary/aromatic N) is 2. The van der Waals surface area contributed by atoms with Crippen LogP contribution in [0.4, 0.5) is 5.82 Å². The fraction of sp³-hybridized carbons (Fsp3) is 0.111. The summed E-state index contributed by atoms with van der Waals surface area (Å²) >= 11 is -3.82. The minimum absolute atomic E-state index is 0.0287. The molecule has 3 aromatic rings. The van der Waals surface area contributed by atoms with E-state index >= 15 is 0 Å². The number of anilines is 1. The zero-order valence-electron chi connectivity index (χ0n) is 14.1. The second kappa shape index (κ2) is 8.49. The van der Waals surface area contributed by atoms with Gasteiger partial charge < -0.3 is 14.8 Å². The van der Waals surface area contributed by atoms with Crippen LogP contribution in [0, 0.1) is 0 Å². The summed E-state index contributed by atoms with van der Waals surface area (Å²) in [5.41, 5.74) is 10.5. The first-order valence-corrected chi connectivity index (χ1v) is 10.4. The molecule has 2 atom stereocenters. The summed E-state index contributed by atoms with van der Waals surface area (Å²) < 4.78 is 39.7. The van der Waals surface area contributed by atoms with E-state index in [2.05, 4.69) is 9.97 Å². The van der Waals surface area contributed by atoms with E-state index in [4.69, 9.17) is 14.8 Å². The highest BCUT2D eigenvalue weighted by Crippen LogP contribution is 2.29. The summed E-state index contributed by atoms with van der Waals surface area (Å²) in [6.45, 7) is 0. The normalized spacial score (nSPS) is 13.3. The van der Waals surface area contributed by atoms with E-state index in [1.54, 1.807) is 36.7 Å². The number of nitrogen functional groups attached to an aromatic ring is 1. The Morgan fingerprint density at radius 1 is 0.815 bits per heavy atom. The van der Waals surface area contributed by atoms with Crippen LogP contribution in [-0.4, -0.2) is 27.5 Å². The van der Waals surface area contributed by atoms with Crippen molar-refractivity contribution in [1.82, 2.24) is 9.97 Å². The topological polar surface area (TPSA) is 126 Å². The summed E-state index contributed by atoms with van der Waals surface area (Å²) in [6.07, 6.45) is 3.26. The predicted molar refractivity (Wildman–Crippen MR) is 106 cm³/mol. The van der Waals surface area contributed by atoms with Crippen molar-refractivity contribution in [3.8, 4) is 22.3 Å². The monoisotopic (exact) mass is 403 g/mol. The van der Waals surface area contributed by atoms with E-state index in [0.29, 0.717) is 17.1 Å². The molecule has 0 amide bonds. The first-order chi connectivity index (χ1) is 12.9. The Kier molecular flexibility index (Phi) is 6.07. The van der Waals surface area contributed by atoms with Crippen LogP contribution < -0.4 is 5.73 Å². The Morgan fingerprint density at radius 2 is 1.44 bits per heavy atom. The molecule has 2 heterocycles. The van der Waals surface area contributed by atoms with E-state index in [9.17, 15) is 8.42 Å². The zero-order chi connectivity index (χ0) is 19.4. The highest BCUT2D eigenvalue weighted by Gasteiger charge is 2.09. The van der Waals surface area contributed by atoms with Gasteiger partial charge in [-0.1, -0.05) is 30.3 Å². The van der Waals surface area contributed by atoms with Crippen molar-refractivity contribution in [2.75, 3.05) is 5.73 Å². The summed E-state index contributed by atoms with van der Waals surface area (Å²) in [6, 6.07) is 12.7. The molecule has 0 aliphatic carbocycles. The molecular weight excluding hydrogens is 386 g/mol. The van der Waals surface area contributed by atoms with Crippen molar-refractivity contribution in [3.63, 3.8) is 0 Å². The molecule has 0 spiro atoms. The maximum Gasteiger partial charge on any atom is 0.158 e. The summed E-state index contributed by atoms with van der Waals surface area (Å²) in [5, 5.41) is 0. The Hall–Kier alpha value is -2.46. The minimum Gasteiger partial charge on any atom is -0.383 e. The van der Waals surface area contributed by atoms with Crippen molar-refractivity contribution in [2.45, 2.75) is 11.5 Å². The molecule has 140 valence electrons. The third kappa shape index (κ3) is 5.04. The highest BCUT2D eigenvalue weighted by molar-refractivity contribution is 7.78. The lowest BCUT2D eigenvalue weighted by atomic mass is 10.0. The van der Waals surface area contributed by atoms with E-state index in [1.165, 1.54) is 0 Å². The maximum atomic E-state index is 10.9. The fourth-order valence-electron chi connectivity index (χ4n) is 2.60. The van der Waals surface area contributed by atoms with Gasteiger partial charge in [0, 0.05) is 29.1 Å². The van der Waals surface area contributed by atoms with Crippen molar-refractivity contribution in [3.05, 3.63) is 66.1 Å². The summed E-state index contributed by atoms with van der Waals surface area (Å²) in [4.78, 5) is 8.44. The number of nitrogens with two attached hydrogens (primary N) is 1. The van der Waals surface area contributed by atoms with Crippen molar-refractivity contribution >= 4 is 28.0 Å². The number of hydrogen-bond donors (Lipinski definition) is 3. The largest absolute Gasteiger partial charge is 0.383 e. The average Bonchev–Trinajstić information content (AvgIpc) is 2.63. The molecule has 2 aromatic heterocycles. The van der Waals surface area contributed by atoms with Gasteiger partial charge in [-0.05, 0) is 23.3 Å². The number of rotatable bonds is 6. The van der Waals surface area contributed by atoms with Gasteiger partial charge in [0.05, 0.1) is 17.2 Å². The lowest BCUT2D eigenvalue weighted by molar-refractivity contribution is 0.561. The molecule has 7 nitrogen and oxygen atoms in total. The molecule has 2 unspecified atom stereocenters. The van der Waals surface area contributed by atoms with Crippen molar-refractivity contribution in [2.24, 2.45) is 0 Å². The van der Waals surface area contributed by atoms with Crippen LogP contribution in [0.3, 0.4) is 0 Å². The molecule has 4 N–H and O–H groups in total. The molecule has 27 heavy (non-hydrogen) atoms. The number of pyridine rings is 2. The average molecular weight is 403 g/mol. The van der Waals surface area contributed by atoms with Crippen LogP contribution in [0.5, 0.6) is 0 Å². The predicted octanol–water partition coefficient (Wildman–Crippen LogP) is 2.84. The van der Waals surface area contributed by atoms with Gasteiger partial charge in [-0.3, -0.25) is 4.98 Å². The molecule has 0 fully saturated rings. The summed E-state index contributed by atoms with van der Waals surface area (Å²) in [7, 11) is 0. The SMILES string of the molecule is Nc1ncc(-c2ccc(CS(=O)O)cc2)cc1-c1ccc(CS(=O)O)nc1. The lowest BCUT2D eigenvalue weighted by Crippen LogP contribution is -1.98. The number of aromatic nitrogens is 2. The Bertz CT molecular complexity index is 992. The molecule has 3 rings (SSSR count). The van der Waals surface area contributed by atoms with Gasteiger partial charge in [0.25, 0.3) is 0 Å². The second-order valence-electron chi connectivity index (χ2n) is 5.82. The molecule has 0 saturated heterocycles. The molecular formula is C18H17N3O4S2. The third-order valence-electron chi connectivity index (χ3n) is 3.90. The van der Waals surface area contributed by atoms with E-state index < -0.39 is 22.2 Å². The Morgan fingerprint density at radius 3 is 2.04 bits per heavy atom. The Balaban J connectivity index is 1.90. The Labute approximate surface area is 161 Å². The first-order valence-electron chi connectivity index (χ1n) is 7.87. The molecule has 0 bridgehead atoms. The molecule has 0 aliphatic rings. The van der Waals surface area contributed by atoms with Gasteiger partial charge in [-0.25, -0.2) is 13.4 Å². The smallest absolute Gasteiger partial charge is 0.158 e. The molecule has 1 aromatic carbocycles. The first kappa shape index (κ1) is 19.3. The van der Waals surface area contributed by atoms with E-state index in [0.717, 1.165) is 22.3 Å². The van der Waals surface area contributed by atoms with Crippen LogP contribution in [0.1, 0.15) is 11.3 Å². The van der Waals surface area contributed by atoms with Crippen LogP contribution in [0.15, 0.2) is 54.9 Å². The number of benzene rings is 1. The van der Waals surface area contributed by atoms with Gasteiger partial charge >= 0.3 is 0 Å². The summed E-state index contributed by atoms with van der Waals surface area (Å²) in [5.74, 6) is 0.410. The third-order valence-corrected chi connectivity index (χ3v) is 5.03. The van der Waals surface area contributed by atoms with Gasteiger partial charge in [-0.2, -0.15) is 0 Å². The van der Waals surface area contributed by atoms with Crippen LogP contribution >= 0.6 is 0 Å². The van der Waals surface area contributed by atoms with Gasteiger partial charge in [0.2, 0.25) is 0 Å². The van der Waals surface area contributed by atoms with Crippen LogP contribution in [0.25, 0.3) is 22.3 Å². The van der Waals surface area contributed by atoms with Gasteiger partial charge in [0.1, 0.15) is 5.82 Å². The molecule has 0 radical (unpaired) electrons. The molecule has 0 aliphatic heterocycles. The number of hydrogen-bond acceptors (Lipinski definition) is 5. The highest BCUT2D eigenvalue weighted by atomic mass is 32.2. The fourth-order valence-corrected chi connectivity index (χ4v) is 3.50. The van der Waals surface area contributed by atoms with Crippen molar-refractivity contribution < 1.29 is 17.5 Å². The van der Waals surface area contributed by atoms with Gasteiger partial charge in [-0.15, -0.1) is 0 Å². The molecule has 0 saturated carbocycles. The van der Waals surface area contributed by atoms with Crippen LogP contribution in [-0.2, 0) is 33.7 Å². The van der Waals surface area contributed by atoms with Gasteiger partial charge in [0.15, 0.2) is 22.2 Å².